The monoisotopic (exact) mass is 390 g/mol. The number of halogens is 1. The van der Waals surface area contributed by atoms with Crippen LogP contribution in [0.3, 0.4) is 0 Å². The molecule has 3 rings (SSSR count). The highest BCUT2D eigenvalue weighted by molar-refractivity contribution is 8.19. The fourth-order valence-corrected chi connectivity index (χ4v) is 5.81. The number of nitrogens with zero attached hydrogens (tertiary/aromatic N) is 1. The molecule has 1 aliphatic rings. The third-order valence-corrected chi connectivity index (χ3v) is 7.48. The second-order valence-corrected chi connectivity index (χ2v) is 9.16. The number of hydrogen-bond donors (Lipinski definition) is 1. The summed E-state index contributed by atoms with van der Waals surface area (Å²) in [7, 11) is 3.85. The summed E-state index contributed by atoms with van der Waals surface area (Å²) in [4.78, 5) is 14.5. The van der Waals surface area contributed by atoms with Gasteiger partial charge in [-0.2, -0.15) is 0 Å². The lowest BCUT2D eigenvalue weighted by atomic mass is 10.1. The molecule has 2 aromatic carbocycles. The van der Waals surface area contributed by atoms with Gasteiger partial charge < -0.3 is 10.2 Å². The minimum Gasteiger partial charge on any atom is -0.350 e. The molecule has 0 bridgehead atoms. The van der Waals surface area contributed by atoms with Crippen molar-refractivity contribution >= 4 is 29.4 Å². The topological polar surface area (TPSA) is 32.3 Å². The Morgan fingerprint density at radius 3 is 2.50 bits per heavy atom. The molecule has 0 saturated carbocycles. The highest BCUT2D eigenvalue weighted by Crippen LogP contribution is 2.45. The molecule has 2 aromatic rings. The van der Waals surface area contributed by atoms with Crippen molar-refractivity contribution in [2.45, 2.75) is 10.6 Å². The van der Waals surface area contributed by atoms with E-state index < -0.39 is 0 Å². The number of carbonyl (C=O) groups is 1. The summed E-state index contributed by atoms with van der Waals surface area (Å²) in [6.45, 7) is 0.422. The van der Waals surface area contributed by atoms with Crippen LogP contribution in [0.15, 0.2) is 48.5 Å². The normalized spacial score (nSPS) is 16.0. The van der Waals surface area contributed by atoms with Crippen LogP contribution in [0.4, 0.5) is 4.39 Å². The van der Waals surface area contributed by atoms with Gasteiger partial charge in [-0.05, 0) is 49.5 Å². The summed E-state index contributed by atoms with van der Waals surface area (Å²) < 4.78 is 14.0. The van der Waals surface area contributed by atoms with Gasteiger partial charge in [0.05, 0.1) is 10.6 Å². The molecule has 138 valence electrons. The number of likely N-dealkylation sites (N-methyl/N-ethyl adjacent to an activating group) is 1. The average molecular weight is 391 g/mol. The predicted octanol–water partition coefficient (Wildman–Crippen LogP) is 4.34. The van der Waals surface area contributed by atoms with Gasteiger partial charge in [0.25, 0.3) is 5.91 Å². The molecule has 0 aliphatic carbocycles. The maximum Gasteiger partial charge on any atom is 0.251 e. The highest BCUT2D eigenvalue weighted by Gasteiger charge is 2.19. The molecule has 0 radical (unpaired) electrons. The first-order chi connectivity index (χ1) is 12.5. The number of hydrogen-bond acceptors (Lipinski definition) is 4. The van der Waals surface area contributed by atoms with Crippen LogP contribution < -0.4 is 5.32 Å². The van der Waals surface area contributed by atoms with Gasteiger partial charge in [-0.25, -0.2) is 4.39 Å². The van der Waals surface area contributed by atoms with E-state index in [0.717, 1.165) is 5.56 Å². The summed E-state index contributed by atoms with van der Waals surface area (Å²) in [5.74, 6) is 2.00. The fraction of sp³-hybridized carbons (Fsp3) is 0.350. The molecule has 1 aliphatic heterocycles. The molecule has 0 aromatic heterocycles. The fourth-order valence-electron chi connectivity index (χ4n) is 2.95. The van der Waals surface area contributed by atoms with Gasteiger partial charge >= 0.3 is 0 Å². The van der Waals surface area contributed by atoms with Crippen molar-refractivity contribution in [1.82, 2.24) is 10.2 Å². The summed E-state index contributed by atoms with van der Waals surface area (Å²) in [5.41, 5.74) is 2.76. The van der Waals surface area contributed by atoms with Crippen LogP contribution in [0.5, 0.6) is 0 Å². The molecule has 1 heterocycles. The van der Waals surface area contributed by atoms with Gasteiger partial charge in [0, 0.05) is 23.6 Å². The Hall–Kier alpha value is -1.50. The van der Waals surface area contributed by atoms with Crippen molar-refractivity contribution in [2.75, 3.05) is 32.1 Å². The van der Waals surface area contributed by atoms with Crippen molar-refractivity contribution in [1.29, 1.82) is 0 Å². The Balaban J connectivity index is 1.63. The second-order valence-electron chi connectivity index (χ2n) is 6.44. The summed E-state index contributed by atoms with van der Waals surface area (Å²) in [6.07, 6.45) is 0. The van der Waals surface area contributed by atoms with Gasteiger partial charge in [0.2, 0.25) is 0 Å². The number of amides is 1. The van der Waals surface area contributed by atoms with Crippen LogP contribution in [0, 0.1) is 5.82 Å². The molecule has 0 spiro atoms. The number of rotatable bonds is 6. The number of benzene rings is 2. The zero-order chi connectivity index (χ0) is 18.5. The van der Waals surface area contributed by atoms with E-state index in [-0.39, 0.29) is 17.8 Å². The summed E-state index contributed by atoms with van der Waals surface area (Å²) in [5, 5.41) is 2.97. The first-order valence-electron chi connectivity index (χ1n) is 8.58. The molecule has 0 unspecified atom stereocenters. The lowest BCUT2D eigenvalue weighted by Gasteiger charge is -2.25. The molecular formula is C20H23FN2OS2. The minimum absolute atomic E-state index is 0.0831. The van der Waals surface area contributed by atoms with Crippen molar-refractivity contribution < 1.29 is 9.18 Å². The van der Waals surface area contributed by atoms with Gasteiger partial charge in [-0.3, -0.25) is 4.79 Å². The predicted molar refractivity (Wildman–Crippen MR) is 109 cm³/mol. The maximum absolute atomic E-state index is 13.5. The Morgan fingerprint density at radius 1 is 1.19 bits per heavy atom. The maximum atomic E-state index is 13.5. The molecule has 1 fully saturated rings. The van der Waals surface area contributed by atoms with E-state index in [4.69, 9.17) is 0 Å². The van der Waals surface area contributed by atoms with E-state index in [1.165, 1.54) is 29.2 Å². The standard InChI is InChI=1S/C20H23FN2OS2/c1-23(2)18(16-4-3-5-17(21)12-16)13-22-19(24)14-6-8-15(9-7-14)20-25-10-11-26-20/h3-9,12,18,20H,10-11,13H2,1-2H3,(H,22,24)/t18-/m1/s1. The number of nitrogens with one attached hydrogen (secondary N) is 1. The zero-order valence-electron chi connectivity index (χ0n) is 14.9. The van der Waals surface area contributed by atoms with E-state index in [0.29, 0.717) is 16.7 Å². The smallest absolute Gasteiger partial charge is 0.251 e. The van der Waals surface area contributed by atoms with Crippen LogP contribution in [0.25, 0.3) is 0 Å². The van der Waals surface area contributed by atoms with E-state index in [1.54, 1.807) is 6.07 Å². The number of carbonyl (C=O) groups excluding carboxylic acids is 1. The average Bonchev–Trinajstić information content (AvgIpc) is 3.16. The van der Waals surface area contributed by atoms with Crippen LogP contribution in [-0.2, 0) is 0 Å². The Labute approximate surface area is 162 Å². The molecule has 1 N–H and O–H groups in total. The molecular weight excluding hydrogens is 367 g/mol. The van der Waals surface area contributed by atoms with Crippen molar-refractivity contribution in [2.24, 2.45) is 0 Å². The molecule has 1 atom stereocenters. The van der Waals surface area contributed by atoms with Gasteiger partial charge in [-0.1, -0.05) is 24.3 Å². The first kappa shape index (κ1) is 19.3. The molecule has 1 amide bonds. The third kappa shape index (κ3) is 4.81. The molecule has 3 nitrogen and oxygen atoms in total. The lowest BCUT2D eigenvalue weighted by Crippen LogP contribution is -2.34. The number of thioether (sulfide) groups is 2. The van der Waals surface area contributed by atoms with E-state index in [2.05, 4.69) is 5.32 Å². The quantitative estimate of drug-likeness (QED) is 0.795. The molecule has 1 saturated heterocycles. The first-order valence-corrected chi connectivity index (χ1v) is 10.7. The SMILES string of the molecule is CN(C)[C@H](CNC(=O)c1ccc(C2SCCS2)cc1)c1cccc(F)c1. The molecule has 6 heteroatoms. The van der Waals surface area contributed by atoms with Gasteiger partial charge in [-0.15, -0.1) is 23.5 Å². The molecule has 26 heavy (non-hydrogen) atoms. The van der Waals surface area contributed by atoms with E-state index >= 15 is 0 Å². The van der Waals surface area contributed by atoms with E-state index in [1.807, 2.05) is 72.9 Å². The zero-order valence-corrected chi connectivity index (χ0v) is 16.6. The van der Waals surface area contributed by atoms with Crippen molar-refractivity contribution in [3.05, 3.63) is 71.0 Å². The van der Waals surface area contributed by atoms with Crippen LogP contribution in [0.1, 0.15) is 32.1 Å². The lowest BCUT2D eigenvalue weighted by molar-refractivity contribution is 0.0942. The highest BCUT2D eigenvalue weighted by atomic mass is 32.2. The van der Waals surface area contributed by atoms with Crippen molar-refractivity contribution in [3.63, 3.8) is 0 Å². The Kier molecular flexibility index (Phi) is 6.62. The largest absolute Gasteiger partial charge is 0.350 e. The second kappa shape index (κ2) is 8.93. The van der Waals surface area contributed by atoms with Gasteiger partial charge in [0.15, 0.2) is 0 Å². The summed E-state index contributed by atoms with van der Waals surface area (Å²) >= 11 is 3.90. The van der Waals surface area contributed by atoms with E-state index in [9.17, 15) is 9.18 Å². The van der Waals surface area contributed by atoms with Crippen LogP contribution in [0.2, 0.25) is 0 Å². The third-order valence-electron chi connectivity index (χ3n) is 4.38. The minimum atomic E-state index is -0.265. The Morgan fingerprint density at radius 2 is 1.88 bits per heavy atom. The van der Waals surface area contributed by atoms with Crippen LogP contribution >= 0.6 is 23.5 Å². The van der Waals surface area contributed by atoms with Gasteiger partial charge in [0.1, 0.15) is 5.82 Å². The Bertz CT molecular complexity index is 746. The van der Waals surface area contributed by atoms with Crippen LogP contribution in [-0.4, -0.2) is 43.0 Å². The van der Waals surface area contributed by atoms with Crippen molar-refractivity contribution in [3.8, 4) is 0 Å². The summed E-state index contributed by atoms with van der Waals surface area (Å²) in [6, 6.07) is 14.3.